The van der Waals surface area contributed by atoms with Gasteiger partial charge in [-0.15, -0.1) is 0 Å². The number of aromatic nitrogens is 2. The van der Waals surface area contributed by atoms with Crippen LogP contribution in [-0.4, -0.2) is 22.2 Å². The van der Waals surface area contributed by atoms with E-state index in [2.05, 4.69) is 10.4 Å². The molecule has 1 heterocycles. The molecule has 0 saturated heterocycles. The summed E-state index contributed by atoms with van der Waals surface area (Å²) in [5, 5.41) is 7.13. The Labute approximate surface area is 113 Å². The summed E-state index contributed by atoms with van der Waals surface area (Å²) in [7, 11) is 0. The summed E-state index contributed by atoms with van der Waals surface area (Å²) >= 11 is 0. The molecule has 1 aromatic rings. The molecule has 0 atom stereocenters. The van der Waals surface area contributed by atoms with Gasteiger partial charge in [0.05, 0.1) is 5.69 Å². The molecule has 0 aromatic carbocycles. The molecular weight excluding hydrogens is 242 g/mol. The van der Waals surface area contributed by atoms with Crippen molar-refractivity contribution in [3.63, 3.8) is 0 Å². The first-order valence-corrected chi connectivity index (χ1v) is 7.07. The maximum Gasteiger partial charge on any atom is 0.267 e. The summed E-state index contributed by atoms with van der Waals surface area (Å²) in [5.41, 5.74) is 1.88. The second-order valence-electron chi connectivity index (χ2n) is 5.02. The van der Waals surface area contributed by atoms with E-state index >= 15 is 0 Å². The highest BCUT2D eigenvalue weighted by atomic mass is 16.2. The highest BCUT2D eigenvalue weighted by molar-refractivity contribution is 5.75. The molecule has 0 saturated carbocycles. The number of carbonyl (C=O) groups excluding carboxylic acids is 1. The molecule has 0 aliphatic heterocycles. The van der Waals surface area contributed by atoms with Crippen LogP contribution in [0.3, 0.4) is 0 Å². The van der Waals surface area contributed by atoms with Crippen LogP contribution in [0.2, 0.25) is 0 Å². The lowest BCUT2D eigenvalue weighted by Gasteiger charge is -2.09. The fourth-order valence-electron chi connectivity index (χ4n) is 2.35. The van der Waals surface area contributed by atoms with E-state index in [4.69, 9.17) is 0 Å². The second-order valence-corrected chi connectivity index (χ2v) is 5.02. The third-order valence-corrected chi connectivity index (χ3v) is 3.39. The molecule has 1 N–H and O–H groups in total. The number of hydrogen-bond acceptors (Lipinski definition) is 3. The Kier molecular flexibility index (Phi) is 4.71. The van der Waals surface area contributed by atoms with Crippen LogP contribution in [-0.2, 0) is 24.2 Å². The number of rotatable bonds is 4. The molecule has 1 aliphatic carbocycles. The Morgan fingerprint density at radius 1 is 1.37 bits per heavy atom. The van der Waals surface area contributed by atoms with Crippen molar-refractivity contribution in [1.29, 1.82) is 0 Å². The lowest BCUT2D eigenvalue weighted by molar-refractivity contribution is -0.121. The quantitative estimate of drug-likeness (QED) is 0.825. The molecule has 104 valence electrons. The summed E-state index contributed by atoms with van der Waals surface area (Å²) in [4.78, 5) is 23.6. The third-order valence-electron chi connectivity index (χ3n) is 3.39. The largest absolute Gasteiger partial charge is 0.355 e. The van der Waals surface area contributed by atoms with E-state index in [0.29, 0.717) is 6.54 Å². The molecule has 0 radical (unpaired) electrons. The van der Waals surface area contributed by atoms with Crippen LogP contribution in [0.1, 0.15) is 43.9 Å². The standard InChI is InChI=1S/C14H21N3O2/c1-2-8-15-13(18)10-17-14(19)9-11-6-4-3-5-7-12(11)16-17/h9H,2-8,10H2,1H3,(H,15,18). The van der Waals surface area contributed by atoms with Crippen LogP contribution in [0.25, 0.3) is 0 Å². The number of hydrogen-bond donors (Lipinski definition) is 1. The number of fused-ring (bicyclic) bond motifs is 1. The van der Waals surface area contributed by atoms with E-state index in [1.807, 2.05) is 6.92 Å². The van der Waals surface area contributed by atoms with Crippen LogP contribution in [0.15, 0.2) is 10.9 Å². The molecule has 2 rings (SSSR count). The Bertz CT molecular complexity index is 508. The maximum atomic E-state index is 11.9. The first kappa shape index (κ1) is 13.8. The van der Waals surface area contributed by atoms with Gasteiger partial charge in [-0.3, -0.25) is 9.59 Å². The van der Waals surface area contributed by atoms with Gasteiger partial charge >= 0.3 is 0 Å². The summed E-state index contributed by atoms with van der Waals surface area (Å²) in [5.74, 6) is -0.148. The van der Waals surface area contributed by atoms with Crippen molar-refractivity contribution >= 4 is 5.91 Å². The summed E-state index contributed by atoms with van der Waals surface area (Å²) < 4.78 is 1.29. The van der Waals surface area contributed by atoms with Gasteiger partial charge in [0, 0.05) is 12.6 Å². The SMILES string of the molecule is CCCNC(=O)Cn1nc2c(cc1=O)CCCCC2. The van der Waals surface area contributed by atoms with Crippen molar-refractivity contribution in [3.05, 3.63) is 27.7 Å². The van der Waals surface area contributed by atoms with Crippen LogP contribution in [0.4, 0.5) is 0 Å². The minimum absolute atomic E-state index is 0.0200. The molecular formula is C14H21N3O2. The fourth-order valence-corrected chi connectivity index (χ4v) is 2.35. The normalized spacial score (nSPS) is 14.6. The van der Waals surface area contributed by atoms with E-state index < -0.39 is 0 Å². The van der Waals surface area contributed by atoms with E-state index in [0.717, 1.165) is 43.4 Å². The average molecular weight is 263 g/mol. The van der Waals surface area contributed by atoms with Gasteiger partial charge in [0.2, 0.25) is 5.91 Å². The zero-order valence-corrected chi connectivity index (χ0v) is 11.4. The molecule has 1 aromatic heterocycles. The van der Waals surface area contributed by atoms with Gasteiger partial charge in [0.1, 0.15) is 6.54 Å². The zero-order valence-electron chi connectivity index (χ0n) is 11.4. The van der Waals surface area contributed by atoms with E-state index in [9.17, 15) is 9.59 Å². The van der Waals surface area contributed by atoms with Crippen molar-refractivity contribution in [2.45, 2.75) is 52.0 Å². The molecule has 0 bridgehead atoms. The highest BCUT2D eigenvalue weighted by Gasteiger charge is 2.13. The Morgan fingerprint density at radius 3 is 2.95 bits per heavy atom. The van der Waals surface area contributed by atoms with Crippen molar-refractivity contribution in [3.8, 4) is 0 Å². The van der Waals surface area contributed by atoms with E-state index in [1.54, 1.807) is 6.07 Å². The average Bonchev–Trinajstić information content (AvgIpc) is 2.62. The van der Waals surface area contributed by atoms with Crippen molar-refractivity contribution in [2.75, 3.05) is 6.54 Å². The lowest BCUT2D eigenvalue weighted by atomic mass is 10.1. The molecule has 5 heteroatoms. The summed E-state index contributed by atoms with van der Waals surface area (Å²) in [6, 6.07) is 1.65. The van der Waals surface area contributed by atoms with Gasteiger partial charge in [-0.2, -0.15) is 5.10 Å². The molecule has 0 unspecified atom stereocenters. The van der Waals surface area contributed by atoms with Crippen molar-refractivity contribution < 1.29 is 4.79 Å². The minimum Gasteiger partial charge on any atom is -0.355 e. The Morgan fingerprint density at radius 2 is 2.16 bits per heavy atom. The Balaban J connectivity index is 2.15. The smallest absolute Gasteiger partial charge is 0.267 e. The molecule has 1 aliphatic rings. The number of nitrogens with one attached hydrogen (secondary N) is 1. The summed E-state index contributed by atoms with van der Waals surface area (Å²) in [6.45, 7) is 2.65. The maximum absolute atomic E-state index is 11.9. The minimum atomic E-state index is -0.174. The number of aryl methyl sites for hydroxylation is 2. The third kappa shape index (κ3) is 3.66. The fraction of sp³-hybridized carbons (Fsp3) is 0.643. The molecule has 0 fully saturated rings. The first-order chi connectivity index (χ1) is 9.20. The number of amides is 1. The second kappa shape index (κ2) is 6.50. The predicted octanol–water partition coefficient (Wildman–Crippen LogP) is 1.04. The van der Waals surface area contributed by atoms with Crippen molar-refractivity contribution in [1.82, 2.24) is 15.1 Å². The van der Waals surface area contributed by atoms with Gasteiger partial charge in [0.25, 0.3) is 5.56 Å². The van der Waals surface area contributed by atoms with E-state index in [-0.39, 0.29) is 18.0 Å². The van der Waals surface area contributed by atoms with Gasteiger partial charge in [0.15, 0.2) is 0 Å². The molecule has 5 nitrogen and oxygen atoms in total. The van der Waals surface area contributed by atoms with Gasteiger partial charge < -0.3 is 5.32 Å². The van der Waals surface area contributed by atoms with Crippen LogP contribution in [0.5, 0.6) is 0 Å². The number of nitrogens with zero attached hydrogens (tertiary/aromatic N) is 2. The zero-order chi connectivity index (χ0) is 13.7. The van der Waals surface area contributed by atoms with Gasteiger partial charge in [-0.1, -0.05) is 13.3 Å². The highest BCUT2D eigenvalue weighted by Crippen LogP contribution is 2.16. The van der Waals surface area contributed by atoms with Crippen LogP contribution >= 0.6 is 0 Å². The van der Waals surface area contributed by atoms with Crippen LogP contribution in [0, 0.1) is 0 Å². The van der Waals surface area contributed by atoms with Gasteiger partial charge in [-0.05, 0) is 37.7 Å². The van der Waals surface area contributed by atoms with Gasteiger partial charge in [-0.25, -0.2) is 4.68 Å². The monoisotopic (exact) mass is 263 g/mol. The van der Waals surface area contributed by atoms with Crippen molar-refractivity contribution in [2.24, 2.45) is 0 Å². The summed E-state index contributed by atoms with van der Waals surface area (Å²) in [6.07, 6.45) is 6.14. The molecule has 19 heavy (non-hydrogen) atoms. The van der Waals surface area contributed by atoms with E-state index in [1.165, 1.54) is 11.1 Å². The Hall–Kier alpha value is -1.65. The number of carbonyl (C=O) groups is 1. The molecule has 0 spiro atoms. The lowest BCUT2D eigenvalue weighted by Crippen LogP contribution is -2.34. The van der Waals surface area contributed by atoms with Crippen LogP contribution < -0.4 is 10.9 Å². The topological polar surface area (TPSA) is 64.0 Å². The molecule has 1 amide bonds. The first-order valence-electron chi connectivity index (χ1n) is 7.07. The predicted molar refractivity (Wildman–Crippen MR) is 73.1 cm³/mol.